The van der Waals surface area contributed by atoms with Crippen molar-refractivity contribution in [3.63, 3.8) is 0 Å². The molecule has 0 aromatic rings. The highest BCUT2D eigenvalue weighted by atomic mass is 79.9. The van der Waals surface area contributed by atoms with E-state index in [1.165, 1.54) is 0 Å². The van der Waals surface area contributed by atoms with Crippen molar-refractivity contribution in [3.05, 3.63) is 0 Å². The van der Waals surface area contributed by atoms with E-state index in [1.807, 2.05) is 0 Å². The van der Waals surface area contributed by atoms with Crippen LogP contribution in [-0.4, -0.2) is 17.3 Å². The second-order valence-corrected chi connectivity index (χ2v) is 4.03. The van der Waals surface area contributed by atoms with E-state index < -0.39 is 0 Å². The Morgan fingerprint density at radius 3 is 2.82 bits per heavy atom. The number of alkyl halides is 1. The molecule has 1 aliphatic carbocycles. The van der Waals surface area contributed by atoms with Crippen LogP contribution in [0.25, 0.3) is 0 Å². The van der Waals surface area contributed by atoms with E-state index >= 15 is 0 Å². The molecule has 1 fully saturated rings. The fourth-order valence-corrected chi connectivity index (χ4v) is 1.42. The van der Waals surface area contributed by atoms with Crippen LogP contribution in [0.2, 0.25) is 0 Å². The van der Waals surface area contributed by atoms with Crippen molar-refractivity contribution in [1.82, 2.24) is 5.32 Å². The van der Waals surface area contributed by atoms with Crippen LogP contribution in [0.4, 0.5) is 0 Å². The molecule has 0 aromatic heterocycles. The third kappa shape index (κ3) is 1.95. The number of carbonyl (C=O) groups excluding carboxylic acids is 1. The zero-order valence-corrected chi connectivity index (χ0v) is 8.57. The molecular weight excluding hydrogens is 206 g/mol. The predicted octanol–water partition coefficient (Wildman–Crippen LogP) is 1.69. The molecule has 3 heteroatoms. The summed E-state index contributed by atoms with van der Waals surface area (Å²) >= 11 is 3.12. The molecule has 0 bridgehead atoms. The monoisotopic (exact) mass is 219 g/mol. The van der Waals surface area contributed by atoms with E-state index in [2.05, 4.69) is 35.1 Å². The quantitative estimate of drug-likeness (QED) is 0.720. The minimum Gasteiger partial charge on any atom is -0.352 e. The van der Waals surface area contributed by atoms with Gasteiger partial charge in [-0.25, -0.2) is 0 Å². The zero-order chi connectivity index (χ0) is 8.48. The topological polar surface area (TPSA) is 29.1 Å². The summed E-state index contributed by atoms with van der Waals surface area (Å²) in [4.78, 5) is 10.9. The minimum absolute atomic E-state index is 0.104. The van der Waals surface area contributed by atoms with Gasteiger partial charge >= 0.3 is 0 Å². The van der Waals surface area contributed by atoms with E-state index in [1.54, 1.807) is 0 Å². The Morgan fingerprint density at radius 1 is 1.82 bits per heavy atom. The Labute approximate surface area is 75.9 Å². The first-order valence-electron chi connectivity index (χ1n) is 3.97. The molecule has 64 valence electrons. The molecule has 1 aliphatic rings. The Balaban J connectivity index is 2.28. The summed E-state index contributed by atoms with van der Waals surface area (Å²) in [7, 11) is 0. The van der Waals surface area contributed by atoms with Crippen LogP contribution in [0.15, 0.2) is 0 Å². The molecule has 2 unspecified atom stereocenters. The minimum atomic E-state index is 0.104. The Hall–Kier alpha value is -0.0500. The summed E-state index contributed by atoms with van der Waals surface area (Å²) in [6.45, 7) is 4.38. The molecule has 0 radical (unpaired) electrons. The maximum absolute atomic E-state index is 10.9. The van der Waals surface area contributed by atoms with Crippen molar-refractivity contribution in [2.45, 2.75) is 32.7 Å². The van der Waals surface area contributed by atoms with Gasteiger partial charge in [-0.1, -0.05) is 29.8 Å². The van der Waals surface area contributed by atoms with Gasteiger partial charge in [-0.05, 0) is 18.3 Å². The number of carbonyl (C=O) groups is 1. The maximum atomic E-state index is 10.9. The third-order valence-corrected chi connectivity index (χ3v) is 3.13. The highest BCUT2D eigenvalue weighted by Gasteiger charge is 2.48. The van der Waals surface area contributed by atoms with Gasteiger partial charge in [0.15, 0.2) is 0 Å². The summed E-state index contributed by atoms with van der Waals surface area (Å²) in [5, 5.41) is 3.38. The summed E-state index contributed by atoms with van der Waals surface area (Å²) in [6.07, 6.45) is 2.29. The highest BCUT2D eigenvalue weighted by molar-refractivity contribution is 9.09. The summed E-state index contributed by atoms with van der Waals surface area (Å²) in [5.41, 5.74) is 0.387. The highest BCUT2D eigenvalue weighted by Crippen LogP contribution is 2.48. The second-order valence-electron chi connectivity index (χ2n) is 3.47. The molecule has 0 spiro atoms. The first kappa shape index (κ1) is 9.04. The largest absolute Gasteiger partial charge is 0.352 e. The number of hydrogen-bond acceptors (Lipinski definition) is 1. The molecule has 0 aromatic carbocycles. The van der Waals surface area contributed by atoms with Gasteiger partial charge < -0.3 is 5.32 Å². The van der Waals surface area contributed by atoms with E-state index in [-0.39, 0.29) is 5.91 Å². The lowest BCUT2D eigenvalue weighted by Crippen LogP contribution is -2.29. The molecule has 0 heterocycles. The number of halogens is 1. The average Bonchev–Trinajstić information content (AvgIpc) is 2.63. The van der Waals surface area contributed by atoms with Crippen LogP contribution >= 0.6 is 15.9 Å². The van der Waals surface area contributed by atoms with Crippen molar-refractivity contribution in [3.8, 4) is 0 Å². The molecule has 1 rings (SSSR count). The van der Waals surface area contributed by atoms with Gasteiger partial charge in [0, 0.05) is 6.04 Å². The van der Waals surface area contributed by atoms with E-state index in [0.29, 0.717) is 16.8 Å². The normalized spacial score (nSPS) is 35.0. The lowest BCUT2D eigenvalue weighted by Gasteiger charge is -2.07. The molecule has 11 heavy (non-hydrogen) atoms. The first-order chi connectivity index (χ1) is 5.12. The van der Waals surface area contributed by atoms with Gasteiger partial charge in [-0.2, -0.15) is 0 Å². The van der Waals surface area contributed by atoms with E-state index in [4.69, 9.17) is 0 Å². The molecule has 1 N–H and O–H groups in total. The molecule has 0 saturated heterocycles. The molecule has 2 atom stereocenters. The fourth-order valence-electron chi connectivity index (χ4n) is 1.26. The van der Waals surface area contributed by atoms with Crippen molar-refractivity contribution in [2.75, 3.05) is 5.33 Å². The fraction of sp³-hybridized carbons (Fsp3) is 0.875. The molecule has 2 nitrogen and oxygen atoms in total. The van der Waals surface area contributed by atoms with Crippen LogP contribution in [0, 0.1) is 5.41 Å². The van der Waals surface area contributed by atoms with Crippen molar-refractivity contribution >= 4 is 21.8 Å². The van der Waals surface area contributed by atoms with Gasteiger partial charge in [-0.3, -0.25) is 4.79 Å². The molecule has 1 amide bonds. The van der Waals surface area contributed by atoms with Crippen molar-refractivity contribution in [1.29, 1.82) is 0 Å². The van der Waals surface area contributed by atoms with Crippen molar-refractivity contribution in [2.24, 2.45) is 5.41 Å². The summed E-state index contributed by atoms with van der Waals surface area (Å²) in [6, 6.07) is 0.428. The number of rotatable bonds is 3. The lowest BCUT2D eigenvalue weighted by molar-refractivity contribution is -0.118. The summed E-state index contributed by atoms with van der Waals surface area (Å²) < 4.78 is 0. The Kier molecular flexibility index (Phi) is 2.58. The Bertz CT molecular complexity index is 171. The molecule has 1 saturated carbocycles. The molecule has 0 aliphatic heterocycles. The van der Waals surface area contributed by atoms with Crippen LogP contribution in [0.1, 0.15) is 26.7 Å². The van der Waals surface area contributed by atoms with Crippen LogP contribution in [0.5, 0.6) is 0 Å². The number of nitrogens with one attached hydrogen (secondary N) is 1. The average molecular weight is 220 g/mol. The van der Waals surface area contributed by atoms with Gasteiger partial charge in [-0.15, -0.1) is 0 Å². The van der Waals surface area contributed by atoms with Gasteiger partial charge in [0.2, 0.25) is 5.91 Å². The van der Waals surface area contributed by atoms with E-state index in [0.717, 1.165) is 12.8 Å². The van der Waals surface area contributed by atoms with Gasteiger partial charge in [0.05, 0.1) is 5.33 Å². The predicted molar refractivity (Wildman–Crippen MR) is 48.7 cm³/mol. The van der Waals surface area contributed by atoms with Crippen LogP contribution in [-0.2, 0) is 4.79 Å². The number of hydrogen-bond donors (Lipinski definition) is 1. The van der Waals surface area contributed by atoms with Crippen LogP contribution in [0.3, 0.4) is 0 Å². The first-order valence-corrected chi connectivity index (χ1v) is 5.10. The lowest BCUT2D eigenvalue weighted by atomic mass is 10.1. The third-order valence-electron chi connectivity index (χ3n) is 2.62. The number of amides is 1. The zero-order valence-electron chi connectivity index (χ0n) is 6.98. The van der Waals surface area contributed by atoms with Gasteiger partial charge in [0.1, 0.15) is 0 Å². The van der Waals surface area contributed by atoms with Crippen molar-refractivity contribution < 1.29 is 4.79 Å². The summed E-state index contributed by atoms with van der Waals surface area (Å²) in [5.74, 6) is 0.104. The van der Waals surface area contributed by atoms with Gasteiger partial charge in [0.25, 0.3) is 0 Å². The maximum Gasteiger partial charge on any atom is 0.230 e. The van der Waals surface area contributed by atoms with Crippen LogP contribution < -0.4 is 5.32 Å². The standard InChI is InChI=1S/C8H14BrNO/c1-3-8(2)4-6(8)10-7(11)5-9/h6H,3-5H2,1-2H3,(H,10,11). The SMILES string of the molecule is CCC1(C)CC1NC(=O)CBr. The second kappa shape index (κ2) is 3.13. The molecular formula is C8H14BrNO. The Morgan fingerprint density at radius 2 is 2.45 bits per heavy atom. The smallest absolute Gasteiger partial charge is 0.230 e. The van der Waals surface area contributed by atoms with E-state index in [9.17, 15) is 4.79 Å².